The molecular weight excluding hydrogens is 366 g/mol. The van der Waals surface area contributed by atoms with Crippen LogP contribution in [0.1, 0.15) is 94.0 Å². The molecule has 4 aliphatic carbocycles. The lowest BCUT2D eigenvalue weighted by atomic mass is 9.49. The zero-order chi connectivity index (χ0) is 20.9. The molecule has 0 heterocycles. The Labute approximate surface area is 182 Å². The molecule has 0 radical (unpaired) electrons. The summed E-state index contributed by atoms with van der Waals surface area (Å²) in [5.74, 6) is 6.51. The van der Waals surface area contributed by atoms with Gasteiger partial charge in [0.25, 0.3) is 0 Å². The SMILES string of the molecule is C[C@H]1CC[C@@H]2C3CC[C@]4(C)C(CC(=O)c5ccc(C#N)cc5)CCC4[C@@H]3CC[C@@H]2C1. The average molecular weight is 404 g/mol. The van der Waals surface area contributed by atoms with Crippen LogP contribution < -0.4 is 0 Å². The van der Waals surface area contributed by atoms with E-state index in [0.717, 1.165) is 41.1 Å². The van der Waals surface area contributed by atoms with Gasteiger partial charge in [-0.1, -0.05) is 32.4 Å². The van der Waals surface area contributed by atoms with Gasteiger partial charge >= 0.3 is 0 Å². The summed E-state index contributed by atoms with van der Waals surface area (Å²) in [6.45, 7) is 5.00. The van der Waals surface area contributed by atoms with Crippen LogP contribution in [0.3, 0.4) is 0 Å². The van der Waals surface area contributed by atoms with Crippen LogP contribution in [0.15, 0.2) is 24.3 Å². The Hall–Kier alpha value is -1.62. The highest BCUT2D eigenvalue weighted by Gasteiger charge is 2.56. The molecule has 4 fully saturated rings. The standard InChI is InChI=1S/C28H37NO/c1-18-3-10-23-21(15-18)8-11-25-24(23)13-14-28(2)22(9-12-26(25)28)16-27(30)20-6-4-19(17-29)5-7-20/h4-7,18,21-26H,3,8-16H2,1-2H3/t18-,21+,22?,23-,24?,25+,26?,28+/m0/s1. The van der Waals surface area contributed by atoms with Crippen molar-refractivity contribution < 1.29 is 4.79 Å². The van der Waals surface area contributed by atoms with Crippen LogP contribution in [-0.4, -0.2) is 5.78 Å². The molecule has 160 valence electrons. The van der Waals surface area contributed by atoms with Crippen LogP contribution in [0.4, 0.5) is 0 Å². The maximum Gasteiger partial charge on any atom is 0.163 e. The lowest BCUT2D eigenvalue weighted by molar-refractivity contribution is -0.0669. The van der Waals surface area contributed by atoms with Crippen molar-refractivity contribution in [3.05, 3.63) is 35.4 Å². The van der Waals surface area contributed by atoms with E-state index in [0.29, 0.717) is 23.3 Å². The zero-order valence-corrected chi connectivity index (χ0v) is 18.8. The topological polar surface area (TPSA) is 40.9 Å². The van der Waals surface area contributed by atoms with E-state index >= 15 is 0 Å². The fourth-order valence-electron chi connectivity index (χ4n) is 8.60. The molecule has 4 aliphatic rings. The highest BCUT2D eigenvalue weighted by Crippen LogP contribution is 2.65. The number of benzene rings is 1. The lowest BCUT2D eigenvalue weighted by Crippen LogP contribution is -2.48. The van der Waals surface area contributed by atoms with Gasteiger partial charge < -0.3 is 0 Å². The second-order valence-corrected chi connectivity index (χ2v) is 11.5. The smallest absolute Gasteiger partial charge is 0.163 e. The summed E-state index contributed by atoms with van der Waals surface area (Å²) in [7, 11) is 0. The van der Waals surface area contributed by atoms with Crippen LogP contribution in [0.5, 0.6) is 0 Å². The van der Waals surface area contributed by atoms with Crippen molar-refractivity contribution in [1.29, 1.82) is 5.26 Å². The molecule has 30 heavy (non-hydrogen) atoms. The molecule has 0 amide bonds. The van der Waals surface area contributed by atoms with Gasteiger partial charge in [0, 0.05) is 12.0 Å². The minimum atomic E-state index is 0.276. The van der Waals surface area contributed by atoms with Gasteiger partial charge in [-0.25, -0.2) is 0 Å². The van der Waals surface area contributed by atoms with Gasteiger partial charge in [0.2, 0.25) is 0 Å². The Morgan fingerprint density at radius 1 is 1.00 bits per heavy atom. The molecule has 0 aliphatic heterocycles. The van der Waals surface area contributed by atoms with Gasteiger partial charge in [0.1, 0.15) is 0 Å². The molecule has 1 aromatic rings. The van der Waals surface area contributed by atoms with Gasteiger partial charge in [-0.15, -0.1) is 0 Å². The molecule has 0 N–H and O–H groups in total. The maximum absolute atomic E-state index is 13.0. The predicted octanol–water partition coefficient (Wildman–Crippen LogP) is 7.04. The molecule has 2 heteroatoms. The first kappa shape index (κ1) is 20.3. The van der Waals surface area contributed by atoms with Gasteiger partial charge in [0.15, 0.2) is 5.78 Å². The second-order valence-electron chi connectivity index (χ2n) is 11.5. The molecule has 0 saturated heterocycles. The van der Waals surface area contributed by atoms with E-state index in [2.05, 4.69) is 19.9 Å². The monoisotopic (exact) mass is 403 g/mol. The van der Waals surface area contributed by atoms with Gasteiger partial charge in [0.05, 0.1) is 11.6 Å². The summed E-state index contributed by atoms with van der Waals surface area (Å²) < 4.78 is 0. The molecule has 5 rings (SSSR count). The van der Waals surface area contributed by atoms with Crippen LogP contribution in [0, 0.1) is 58.2 Å². The van der Waals surface area contributed by atoms with E-state index < -0.39 is 0 Å². The van der Waals surface area contributed by atoms with Crippen LogP contribution >= 0.6 is 0 Å². The Morgan fingerprint density at radius 3 is 2.53 bits per heavy atom. The lowest BCUT2D eigenvalue weighted by Gasteiger charge is -2.56. The molecule has 2 nitrogen and oxygen atoms in total. The number of rotatable bonds is 3. The van der Waals surface area contributed by atoms with E-state index in [4.69, 9.17) is 5.26 Å². The normalized spacial score (nSPS) is 42.5. The summed E-state index contributed by atoms with van der Waals surface area (Å²) in [5, 5.41) is 9.01. The Balaban J connectivity index is 1.29. The van der Waals surface area contributed by atoms with Gasteiger partial charge in [-0.2, -0.15) is 5.26 Å². The Bertz CT molecular complexity index is 835. The van der Waals surface area contributed by atoms with Crippen molar-refractivity contribution in [3.63, 3.8) is 0 Å². The highest BCUT2D eigenvalue weighted by molar-refractivity contribution is 5.96. The average Bonchev–Trinajstić information content (AvgIpc) is 3.09. The number of nitriles is 1. The van der Waals surface area contributed by atoms with Crippen LogP contribution in [0.25, 0.3) is 0 Å². The minimum absolute atomic E-state index is 0.276. The highest BCUT2D eigenvalue weighted by atomic mass is 16.1. The minimum Gasteiger partial charge on any atom is -0.294 e. The number of Topliss-reactive ketones (excluding diaryl/α,β-unsaturated/α-hetero) is 1. The first-order chi connectivity index (χ1) is 14.5. The first-order valence-electron chi connectivity index (χ1n) is 12.5. The Kier molecular flexibility index (Phi) is 5.29. The molecule has 0 aromatic heterocycles. The number of ketones is 1. The molecule has 8 atom stereocenters. The molecular formula is C28H37NO. The number of carbonyl (C=O) groups excluding carboxylic acids is 1. The summed E-state index contributed by atoms with van der Waals surface area (Å²) in [5.41, 5.74) is 1.77. The molecule has 3 unspecified atom stereocenters. The van der Waals surface area contributed by atoms with Crippen molar-refractivity contribution in [1.82, 2.24) is 0 Å². The molecule has 0 bridgehead atoms. The third-order valence-corrected chi connectivity index (χ3v) is 10.2. The Morgan fingerprint density at radius 2 is 1.77 bits per heavy atom. The van der Waals surface area contributed by atoms with Crippen molar-refractivity contribution in [2.45, 2.75) is 78.1 Å². The summed E-state index contributed by atoms with van der Waals surface area (Å²) >= 11 is 0. The number of hydrogen-bond acceptors (Lipinski definition) is 2. The van der Waals surface area contributed by atoms with E-state index in [-0.39, 0.29) is 5.78 Å². The number of fused-ring (bicyclic) bond motifs is 5. The first-order valence-corrected chi connectivity index (χ1v) is 12.5. The fourth-order valence-corrected chi connectivity index (χ4v) is 8.60. The predicted molar refractivity (Wildman–Crippen MR) is 120 cm³/mol. The van der Waals surface area contributed by atoms with E-state index in [9.17, 15) is 4.79 Å². The van der Waals surface area contributed by atoms with E-state index in [1.807, 2.05) is 12.1 Å². The van der Waals surface area contributed by atoms with Crippen molar-refractivity contribution >= 4 is 5.78 Å². The largest absolute Gasteiger partial charge is 0.294 e. The zero-order valence-electron chi connectivity index (χ0n) is 18.8. The van der Waals surface area contributed by atoms with Gasteiger partial charge in [-0.3, -0.25) is 4.79 Å². The molecule has 0 spiro atoms. The van der Waals surface area contributed by atoms with Gasteiger partial charge in [-0.05, 0) is 110 Å². The van der Waals surface area contributed by atoms with Crippen LogP contribution in [0.2, 0.25) is 0 Å². The quantitative estimate of drug-likeness (QED) is 0.508. The third kappa shape index (κ3) is 3.34. The number of carbonyl (C=O) groups is 1. The van der Waals surface area contributed by atoms with Crippen molar-refractivity contribution in [2.75, 3.05) is 0 Å². The van der Waals surface area contributed by atoms with E-state index in [1.165, 1.54) is 57.8 Å². The van der Waals surface area contributed by atoms with Crippen molar-refractivity contribution in [2.24, 2.45) is 46.8 Å². The summed E-state index contributed by atoms with van der Waals surface area (Å²) in [4.78, 5) is 13.0. The second kappa shape index (κ2) is 7.81. The fraction of sp³-hybridized carbons (Fsp3) is 0.714. The summed E-state index contributed by atoms with van der Waals surface area (Å²) in [6, 6.07) is 9.39. The van der Waals surface area contributed by atoms with E-state index in [1.54, 1.807) is 12.1 Å². The maximum atomic E-state index is 13.0. The van der Waals surface area contributed by atoms with Crippen molar-refractivity contribution in [3.8, 4) is 6.07 Å². The molecule has 1 aromatic carbocycles. The number of hydrogen-bond donors (Lipinski definition) is 0. The molecule has 4 saturated carbocycles. The number of nitrogens with zero attached hydrogens (tertiary/aromatic N) is 1. The van der Waals surface area contributed by atoms with Crippen LogP contribution in [-0.2, 0) is 0 Å². The summed E-state index contributed by atoms with van der Waals surface area (Å²) in [6.07, 6.45) is 13.4. The third-order valence-electron chi connectivity index (χ3n) is 10.2.